The number of anilines is 2. The number of carbonyl (C=O) groups excluding carboxylic acids is 4. The maximum atomic E-state index is 12.6. The van der Waals surface area contributed by atoms with Crippen LogP contribution in [0.2, 0.25) is 0 Å². The normalized spacial score (nSPS) is 10.6. The predicted molar refractivity (Wildman–Crippen MR) is 176 cm³/mol. The number of nitrogens with two attached hydrogens (primary N) is 2. The summed E-state index contributed by atoms with van der Waals surface area (Å²) >= 11 is 0. The zero-order chi connectivity index (χ0) is 32.4. The molecule has 0 radical (unpaired) electrons. The minimum Gasteiger partial charge on any atom is -0.508 e. The van der Waals surface area contributed by atoms with Crippen molar-refractivity contribution in [3.8, 4) is 5.75 Å². The van der Waals surface area contributed by atoms with Gasteiger partial charge in [0, 0.05) is 59.8 Å². The first-order valence-electron chi connectivity index (χ1n) is 15.4. The van der Waals surface area contributed by atoms with Crippen molar-refractivity contribution >= 4 is 35.0 Å². The number of unbranched alkanes of at least 4 members (excludes halogenated alkanes) is 6. The van der Waals surface area contributed by atoms with Gasteiger partial charge >= 0.3 is 0 Å². The Morgan fingerprint density at radius 3 is 1.13 bits per heavy atom. The molecule has 0 aliphatic carbocycles. The van der Waals surface area contributed by atoms with Gasteiger partial charge < -0.3 is 37.8 Å². The van der Waals surface area contributed by atoms with E-state index in [0.29, 0.717) is 48.7 Å². The largest absolute Gasteiger partial charge is 0.508 e. The Morgan fingerprint density at radius 2 is 0.800 bits per heavy atom. The molecular formula is C34H44N6O5. The number of hydrogen-bond donors (Lipinski definition) is 7. The van der Waals surface area contributed by atoms with E-state index in [2.05, 4.69) is 21.3 Å². The summed E-state index contributed by atoms with van der Waals surface area (Å²) in [4.78, 5) is 49.5. The third-order valence-electron chi connectivity index (χ3n) is 7.09. The van der Waals surface area contributed by atoms with Crippen LogP contribution in [0.4, 0.5) is 11.4 Å². The number of phenolic OH excluding ortho intramolecular Hbond substituents is 1. The number of rotatable bonds is 18. The standard InChI is InChI=1S/C34H44N6O5/c35-28-13-9-11-24(20-28)31(42)37-15-5-1-3-7-17-39-33(44)26-19-27(23-30(41)22-26)34(45)40-18-8-4-2-6-16-38-32(43)25-12-10-14-29(36)21-25/h9-14,19-23,41H,1-8,15-18,35-36H2,(H,37,42)(H,38,43)(H,39,44)(H,40,45). The molecule has 0 atom stereocenters. The number of nitrogens with one attached hydrogen (secondary N) is 4. The van der Waals surface area contributed by atoms with Gasteiger partial charge in [0.25, 0.3) is 23.6 Å². The summed E-state index contributed by atoms with van der Waals surface area (Å²) in [6, 6.07) is 17.8. The van der Waals surface area contributed by atoms with E-state index in [9.17, 15) is 24.3 Å². The highest BCUT2D eigenvalue weighted by Crippen LogP contribution is 2.16. The maximum Gasteiger partial charge on any atom is 0.251 e. The van der Waals surface area contributed by atoms with Gasteiger partial charge in [-0.1, -0.05) is 37.8 Å². The topological polar surface area (TPSA) is 189 Å². The molecule has 3 aromatic rings. The van der Waals surface area contributed by atoms with Crippen LogP contribution in [0.15, 0.2) is 66.7 Å². The lowest BCUT2D eigenvalue weighted by Gasteiger charge is -2.10. The lowest BCUT2D eigenvalue weighted by Crippen LogP contribution is -2.27. The smallest absolute Gasteiger partial charge is 0.251 e. The van der Waals surface area contributed by atoms with Gasteiger partial charge in [-0.3, -0.25) is 19.2 Å². The highest BCUT2D eigenvalue weighted by molar-refractivity contribution is 6.00. The SMILES string of the molecule is Nc1cccc(C(=O)NCCCCCCNC(=O)c2cc(O)cc(C(=O)NCCCCCCNC(=O)c3cccc(N)c3)c2)c1. The predicted octanol–water partition coefficient (Wildman–Crippen LogP) is 4.00. The molecule has 0 aromatic heterocycles. The van der Waals surface area contributed by atoms with Gasteiger partial charge in [0.1, 0.15) is 5.75 Å². The Kier molecular flexibility index (Phi) is 14.2. The first-order chi connectivity index (χ1) is 21.7. The number of carbonyl (C=O) groups is 4. The van der Waals surface area contributed by atoms with Crippen molar-refractivity contribution in [3.05, 3.63) is 89.0 Å². The molecule has 0 aliphatic rings. The van der Waals surface area contributed by atoms with E-state index in [-0.39, 0.29) is 40.5 Å². The molecule has 0 heterocycles. The second-order valence-electron chi connectivity index (χ2n) is 10.9. The minimum atomic E-state index is -0.364. The fourth-order valence-corrected chi connectivity index (χ4v) is 4.66. The van der Waals surface area contributed by atoms with Crippen LogP contribution in [0.1, 0.15) is 92.8 Å². The van der Waals surface area contributed by atoms with Crippen molar-refractivity contribution in [1.82, 2.24) is 21.3 Å². The number of nitrogen functional groups attached to an aromatic ring is 2. The second kappa shape index (κ2) is 18.6. The van der Waals surface area contributed by atoms with Crippen LogP contribution in [-0.2, 0) is 0 Å². The van der Waals surface area contributed by atoms with E-state index in [1.54, 1.807) is 48.5 Å². The number of aromatic hydroxyl groups is 1. The molecule has 0 unspecified atom stereocenters. The number of phenols is 1. The average molecular weight is 617 g/mol. The number of hydrogen-bond acceptors (Lipinski definition) is 7. The summed E-state index contributed by atoms with van der Waals surface area (Å²) in [6.07, 6.45) is 6.69. The molecule has 11 heteroatoms. The summed E-state index contributed by atoms with van der Waals surface area (Å²) < 4.78 is 0. The van der Waals surface area contributed by atoms with Gasteiger partial charge in [0.2, 0.25) is 0 Å². The van der Waals surface area contributed by atoms with E-state index >= 15 is 0 Å². The first-order valence-corrected chi connectivity index (χ1v) is 15.4. The highest BCUT2D eigenvalue weighted by atomic mass is 16.3. The third-order valence-corrected chi connectivity index (χ3v) is 7.09. The molecule has 4 amide bonds. The van der Waals surface area contributed by atoms with Crippen LogP contribution in [0.3, 0.4) is 0 Å². The molecule has 3 rings (SSSR count). The Labute approximate surface area is 264 Å². The van der Waals surface area contributed by atoms with Gasteiger partial charge in [-0.25, -0.2) is 0 Å². The molecule has 11 nitrogen and oxygen atoms in total. The van der Waals surface area contributed by atoms with E-state index in [1.807, 2.05) is 0 Å². The molecule has 45 heavy (non-hydrogen) atoms. The molecule has 0 spiro atoms. The van der Waals surface area contributed by atoms with Crippen molar-refractivity contribution < 1.29 is 24.3 Å². The van der Waals surface area contributed by atoms with E-state index in [0.717, 1.165) is 51.4 Å². The van der Waals surface area contributed by atoms with Gasteiger partial charge in [-0.2, -0.15) is 0 Å². The number of benzene rings is 3. The molecule has 3 aromatic carbocycles. The van der Waals surface area contributed by atoms with Crippen molar-refractivity contribution in [2.45, 2.75) is 51.4 Å². The lowest BCUT2D eigenvalue weighted by molar-refractivity contribution is 0.0939. The molecule has 0 saturated carbocycles. The quantitative estimate of drug-likeness (QED) is 0.0830. The molecule has 0 aliphatic heterocycles. The Morgan fingerprint density at radius 1 is 0.467 bits per heavy atom. The van der Waals surface area contributed by atoms with Crippen molar-refractivity contribution in [3.63, 3.8) is 0 Å². The van der Waals surface area contributed by atoms with Crippen LogP contribution in [0.5, 0.6) is 5.75 Å². The summed E-state index contributed by atoms with van der Waals surface area (Å²) in [5, 5.41) is 21.5. The zero-order valence-corrected chi connectivity index (χ0v) is 25.6. The van der Waals surface area contributed by atoms with Gasteiger partial charge in [-0.05, 0) is 80.3 Å². The monoisotopic (exact) mass is 616 g/mol. The second-order valence-corrected chi connectivity index (χ2v) is 10.9. The number of amides is 4. The molecule has 240 valence electrons. The first kappa shape index (κ1) is 34.4. The average Bonchev–Trinajstić information content (AvgIpc) is 3.02. The van der Waals surface area contributed by atoms with Crippen LogP contribution in [-0.4, -0.2) is 54.9 Å². The van der Waals surface area contributed by atoms with Gasteiger partial charge in [0.15, 0.2) is 0 Å². The molecule has 0 saturated heterocycles. The van der Waals surface area contributed by atoms with Crippen LogP contribution in [0, 0.1) is 0 Å². The Hall–Kier alpha value is -5.06. The zero-order valence-electron chi connectivity index (χ0n) is 25.6. The van der Waals surface area contributed by atoms with Crippen molar-refractivity contribution in [1.29, 1.82) is 0 Å². The fourth-order valence-electron chi connectivity index (χ4n) is 4.66. The van der Waals surface area contributed by atoms with E-state index in [1.165, 1.54) is 18.2 Å². The molecule has 0 bridgehead atoms. The molecule has 0 fully saturated rings. The van der Waals surface area contributed by atoms with Crippen molar-refractivity contribution in [2.75, 3.05) is 37.6 Å². The lowest BCUT2D eigenvalue weighted by atomic mass is 10.1. The van der Waals surface area contributed by atoms with Gasteiger partial charge in [0.05, 0.1) is 0 Å². The molecular weight excluding hydrogens is 572 g/mol. The summed E-state index contributed by atoms with van der Waals surface area (Å²) in [5.41, 5.74) is 14.0. The molecule has 9 N–H and O–H groups in total. The van der Waals surface area contributed by atoms with Crippen LogP contribution in [0.25, 0.3) is 0 Å². The summed E-state index contributed by atoms with van der Waals surface area (Å²) in [5.74, 6) is -1.19. The van der Waals surface area contributed by atoms with Crippen LogP contribution >= 0.6 is 0 Å². The van der Waals surface area contributed by atoms with Gasteiger partial charge in [-0.15, -0.1) is 0 Å². The third kappa shape index (κ3) is 12.6. The summed E-state index contributed by atoms with van der Waals surface area (Å²) in [7, 11) is 0. The fraction of sp³-hybridized carbons (Fsp3) is 0.353. The van der Waals surface area contributed by atoms with Crippen molar-refractivity contribution in [2.24, 2.45) is 0 Å². The Bertz CT molecular complexity index is 1340. The summed E-state index contributed by atoms with van der Waals surface area (Å²) in [6.45, 7) is 2.02. The minimum absolute atomic E-state index is 0.154. The van der Waals surface area contributed by atoms with Crippen LogP contribution < -0.4 is 32.7 Å². The van der Waals surface area contributed by atoms with E-state index in [4.69, 9.17) is 11.5 Å². The maximum absolute atomic E-state index is 12.6. The highest BCUT2D eigenvalue weighted by Gasteiger charge is 2.13. The Balaban J connectivity index is 1.25. The van der Waals surface area contributed by atoms with E-state index < -0.39 is 0 Å².